The van der Waals surface area contributed by atoms with E-state index in [1.165, 1.54) is 18.5 Å². The molecular weight excluding hydrogens is 364 g/mol. The van der Waals surface area contributed by atoms with E-state index in [0.717, 1.165) is 22.5 Å². The first-order valence-corrected chi connectivity index (χ1v) is 8.72. The Morgan fingerprint density at radius 3 is 2.43 bits per heavy atom. The molecule has 0 radical (unpaired) electrons. The minimum absolute atomic E-state index is 0.120. The molecule has 1 atom stereocenters. The van der Waals surface area contributed by atoms with Gasteiger partial charge in [0.25, 0.3) is 0 Å². The lowest BCUT2D eigenvalue weighted by Crippen LogP contribution is -2.20. The van der Waals surface area contributed by atoms with Crippen molar-refractivity contribution in [1.82, 2.24) is 14.8 Å². The van der Waals surface area contributed by atoms with Crippen LogP contribution < -0.4 is 15.0 Å². The summed E-state index contributed by atoms with van der Waals surface area (Å²) in [4.78, 5) is 6.32. The molecule has 0 aliphatic carbocycles. The molecule has 2 heterocycles. The summed E-state index contributed by atoms with van der Waals surface area (Å²) in [5.41, 5.74) is 3.83. The van der Waals surface area contributed by atoms with Crippen LogP contribution in [0.3, 0.4) is 0 Å². The minimum atomic E-state index is -2.84. The maximum atomic E-state index is 12.4. The van der Waals surface area contributed by atoms with Crippen molar-refractivity contribution in [3.63, 3.8) is 0 Å². The van der Waals surface area contributed by atoms with Crippen molar-refractivity contribution in [2.24, 2.45) is 0 Å². The fourth-order valence-electron chi connectivity index (χ4n) is 3.13. The van der Waals surface area contributed by atoms with E-state index in [1.54, 1.807) is 12.1 Å². The van der Waals surface area contributed by atoms with Crippen LogP contribution in [0.1, 0.15) is 17.2 Å². The Labute approximate surface area is 161 Å². The molecule has 0 saturated heterocycles. The Kier molecular flexibility index (Phi) is 4.68. The third-order valence-electron chi connectivity index (χ3n) is 4.55. The van der Waals surface area contributed by atoms with Crippen molar-refractivity contribution < 1.29 is 13.5 Å². The molecule has 1 aromatic heterocycles. The van der Waals surface area contributed by atoms with Gasteiger partial charge < -0.3 is 15.0 Å². The molecule has 28 heavy (non-hydrogen) atoms. The number of allylic oxidation sites excluding steroid dienone is 1. The fraction of sp³-hybridized carbons (Fsp3) is 0.200. The van der Waals surface area contributed by atoms with Gasteiger partial charge in [-0.15, -0.1) is 0 Å². The van der Waals surface area contributed by atoms with Crippen LogP contribution in [0.15, 0.2) is 60.9 Å². The summed E-state index contributed by atoms with van der Waals surface area (Å²) >= 11 is 0. The van der Waals surface area contributed by atoms with Gasteiger partial charge in [-0.05, 0) is 53.6 Å². The summed E-state index contributed by atoms with van der Waals surface area (Å²) < 4.78 is 30.9. The zero-order valence-corrected chi connectivity index (χ0v) is 15.4. The summed E-state index contributed by atoms with van der Waals surface area (Å²) in [7, 11) is 3.99. The SMILES string of the molecule is CN(C)c1ccc(C2C=C(c3ccc(OC(F)F)cc3)Nc3ncnn32)cc1. The summed E-state index contributed by atoms with van der Waals surface area (Å²) in [5.74, 6) is 0.737. The van der Waals surface area contributed by atoms with Crippen molar-refractivity contribution in [3.8, 4) is 5.75 Å². The maximum Gasteiger partial charge on any atom is 0.387 e. The molecule has 1 aliphatic heterocycles. The number of fused-ring (bicyclic) bond motifs is 1. The molecule has 1 aliphatic rings. The van der Waals surface area contributed by atoms with E-state index >= 15 is 0 Å². The number of hydrogen-bond acceptors (Lipinski definition) is 5. The average molecular weight is 383 g/mol. The highest BCUT2D eigenvalue weighted by Gasteiger charge is 2.23. The normalized spacial score (nSPS) is 15.6. The van der Waals surface area contributed by atoms with Gasteiger partial charge in [-0.3, -0.25) is 0 Å². The third-order valence-corrected chi connectivity index (χ3v) is 4.55. The quantitative estimate of drug-likeness (QED) is 0.722. The Morgan fingerprint density at radius 2 is 1.79 bits per heavy atom. The highest BCUT2D eigenvalue weighted by atomic mass is 19.3. The lowest BCUT2D eigenvalue weighted by Gasteiger charge is -2.25. The van der Waals surface area contributed by atoms with Crippen LogP contribution in [0.4, 0.5) is 20.4 Å². The van der Waals surface area contributed by atoms with Crippen molar-refractivity contribution in [3.05, 3.63) is 72.1 Å². The van der Waals surface area contributed by atoms with E-state index < -0.39 is 6.61 Å². The van der Waals surface area contributed by atoms with Crippen LogP contribution in [0, 0.1) is 0 Å². The summed E-state index contributed by atoms with van der Waals surface area (Å²) in [6.45, 7) is -2.84. The van der Waals surface area contributed by atoms with Gasteiger partial charge >= 0.3 is 6.61 Å². The summed E-state index contributed by atoms with van der Waals surface area (Å²) in [5, 5.41) is 7.57. The van der Waals surface area contributed by atoms with Gasteiger partial charge in [0.05, 0.1) is 0 Å². The van der Waals surface area contributed by atoms with E-state index in [2.05, 4.69) is 44.4 Å². The largest absolute Gasteiger partial charge is 0.435 e. The zero-order valence-electron chi connectivity index (χ0n) is 15.4. The molecule has 8 heteroatoms. The van der Waals surface area contributed by atoms with Crippen LogP contribution in [0.5, 0.6) is 5.75 Å². The van der Waals surface area contributed by atoms with E-state index in [0.29, 0.717) is 5.95 Å². The first kappa shape index (κ1) is 18.0. The van der Waals surface area contributed by atoms with Crippen LogP contribution >= 0.6 is 0 Å². The molecule has 3 aromatic rings. The third kappa shape index (κ3) is 3.53. The van der Waals surface area contributed by atoms with Crippen LogP contribution in [-0.2, 0) is 0 Å². The molecular formula is C20H19F2N5O. The Morgan fingerprint density at radius 1 is 1.07 bits per heavy atom. The zero-order chi connectivity index (χ0) is 19.7. The van der Waals surface area contributed by atoms with E-state index in [-0.39, 0.29) is 11.8 Å². The van der Waals surface area contributed by atoms with Crippen LogP contribution in [0.2, 0.25) is 0 Å². The molecule has 1 N–H and O–H groups in total. The minimum Gasteiger partial charge on any atom is -0.435 e. The number of alkyl halides is 2. The van der Waals surface area contributed by atoms with Crippen molar-refractivity contribution >= 4 is 17.3 Å². The number of benzene rings is 2. The van der Waals surface area contributed by atoms with E-state index in [9.17, 15) is 8.78 Å². The number of nitrogens with one attached hydrogen (secondary N) is 1. The lowest BCUT2D eigenvalue weighted by atomic mass is 10.0. The van der Waals surface area contributed by atoms with Crippen molar-refractivity contribution in [2.75, 3.05) is 24.3 Å². The van der Waals surface area contributed by atoms with E-state index in [4.69, 9.17) is 0 Å². The molecule has 0 saturated carbocycles. The van der Waals surface area contributed by atoms with E-state index in [1.807, 2.05) is 29.8 Å². The lowest BCUT2D eigenvalue weighted by molar-refractivity contribution is -0.0498. The topological polar surface area (TPSA) is 55.2 Å². The summed E-state index contributed by atoms with van der Waals surface area (Å²) in [6, 6.07) is 14.6. The first-order chi connectivity index (χ1) is 13.5. The first-order valence-electron chi connectivity index (χ1n) is 8.72. The molecule has 0 fully saturated rings. The van der Waals surface area contributed by atoms with Gasteiger partial charge in [0.1, 0.15) is 18.1 Å². The molecule has 0 amide bonds. The number of nitrogens with zero attached hydrogens (tertiary/aromatic N) is 4. The second-order valence-corrected chi connectivity index (χ2v) is 6.57. The molecule has 6 nitrogen and oxygen atoms in total. The predicted molar refractivity (Wildman–Crippen MR) is 104 cm³/mol. The Bertz CT molecular complexity index is 981. The molecule has 1 unspecified atom stereocenters. The number of hydrogen-bond donors (Lipinski definition) is 1. The number of ether oxygens (including phenoxy) is 1. The fourth-order valence-corrected chi connectivity index (χ4v) is 3.13. The Balaban J connectivity index is 1.67. The maximum absolute atomic E-state index is 12.4. The predicted octanol–water partition coefficient (Wildman–Crippen LogP) is 4.00. The van der Waals surface area contributed by atoms with Gasteiger partial charge in [0.2, 0.25) is 5.95 Å². The second kappa shape index (κ2) is 7.30. The monoisotopic (exact) mass is 383 g/mol. The number of anilines is 2. The highest BCUT2D eigenvalue weighted by molar-refractivity contribution is 5.77. The van der Waals surface area contributed by atoms with Crippen LogP contribution in [-0.4, -0.2) is 35.5 Å². The molecule has 2 aromatic carbocycles. The molecule has 0 bridgehead atoms. The van der Waals surface area contributed by atoms with Gasteiger partial charge in [-0.25, -0.2) is 4.68 Å². The highest BCUT2D eigenvalue weighted by Crippen LogP contribution is 2.33. The Hall–Kier alpha value is -3.42. The van der Waals surface area contributed by atoms with Crippen molar-refractivity contribution in [2.45, 2.75) is 12.7 Å². The van der Waals surface area contributed by atoms with Gasteiger partial charge in [0, 0.05) is 25.5 Å². The van der Waals surface area contributed by atoms with Gasteiger partial charge in [0.15, 0.2) is 0 Å². The summed E-state index contributed by atoms with van der Waals surface area (Å²) in [6.07, 6.45) is 3.54. The number of rotatable bonds is 5. The van der Waals surface area contributed by atoms with Crippen molar-refractivity contribution in [1.29, 1.82) is 0 Å². The van der Waals surface area contributed by atoms with Gasteiger partial charge in [-0.1, -0.05) is 12.1 Å². The number of halogens is 2. The number of aromatic nitrogens is 3. The van der Waals surface area contributed by atoms with Gasteiger partial charge in [-0.2, -0.15) is 18.9 Å². The molecule has 144 valence electrons. The van der Waals surface area contributed by atoms with Crippen LogP contribution in [0.25, 0.3) is 5.70 Å². The molecule has 4 rings (SSSR count). The molecule has 0 spiro atoms. The average Bonchev–Trinajstić information content (AvgIpc) is 3.16. The standard InChI is InChI=1S/C20H19F2N5O/c1-26(2)15-7-3-14(4-8-15)18-11-17(25-20-23-12-24-27(18)20)13-5-9-16(10-6-13)28-19(21)22/h3-12,18-19H,1-2H3,(H,23,24,25). The second-order valence-electron chi connectivity index (χ2n) is 6.57. The smallest absolute Gasteiger partial charge is 0.387 e.